The van der Waals surface area contributed by atoms with Gasteiger partial charge in [0, 0.05) is 0 Å². The van der Waals surface area contributed by atoms with Crippen LogP contribution < -0.4 is 0 Å². The van der Waals surface area contributed by atoms with E-state index in [-0.39, 0.29) is 0 Å². The van der Waals surface area contributed by atoms with Crippen LogP contribution in [0, 0.1) is 11.6 Å². The molecule has 3 nitrogen and oxygen atoms in total. The fraction of sp³-hybridized carbons (Fsp3) is 0.875. The van der Waals surface area contributed by atoms with Crippen molar-refractivity contribution in [3.8, 4) is 11.6 Å². The molecule has 120 valence electrons. The average molecular weight is 304 g/mol. The standard InChI is InChI=1S/C16H33O3P/c1-4-7-8-9-10-11-12-13-14-15-16-20(17,18-5-2)19-6-3/h17,20H,4-14H2,1-3H3. The molecule has 0 aliphatic carbocycles. The van der Waals surface area contributed by atoms with Crippen LogP contribution in [0.15, 0.2) is 0 Å². The normalized spacial score (nSPS) is 12.0. The number of unbranched alkanes of at least 4 members (excludes halogenated alkanes) is 8. The molecule has 0 rings (SSSR count). The van der Waals surface area contributed by atoms with Crippen molar-refractivity contribution in [2.75, 3.05) is 13.2 Å². The van der Waals surface area contributed by atoms with Crippen molar-refractivity contribution in [2.45, 2.75) is 78.6 Å². The fourth-order valence-corrected chi connectivity index (χ4v) is 3.39. The number of hydrogen-bond acceptors (Lipinski definition) is 3. The van der Waals surface area contributed by atoms with Gasteiger partial charge in [-0.3, -0.25) is 0 Å². The van der Waals surface area contributed by atoms with Crippen molar-refractivity contribution in [1.82, 2.24) is 0 Å². The Morgan fingerprint density at radius 1 is 0.800 bits per heavy atom. The Hall–Kier alpha value is -0.130. The molecular formula is C16H33O3P. The van der Waals surface area contributed by atoms with Crippen LogP contribution >= 0.6 is 7.94 Å². The second-order valence-corrected chi connectivity index (χ2v) is 6.97. The molecule has 0 radical (unpaired) electrons. The zero-order chi connectivity index (χ0) is 15.1. The van der Waals surface area contributed by atoms with E-state index in [1.54, 1.807) is 0 Å². The summed E-state index contributed by atoms with van der Waals surface area (Å²) >= 11 is 0. The van der Waals surface area contributed by atoms with Crippen LogP contribution in [-0.2, 0) is 9.05 Å². The van der Waals surface area contributed by atoms with Gasteiger partial charge in [-0.1, -0.05) is 0 Å². The first-order valence-electron chi connectivity index (χ1n) is 8.18. The van der Waals surface area contributed by atoms with Crippen LogP contribution in [0.1, 0.15) is 78.6 Å². The van der Waals surface area contributed by atoms with Gasteiger partial charge in [0.1, 0.15) is 0 Å². The minimum atomic E-state index is -3.20. The molecule has 0 saturated heterocycles. The Kier molecular flexibility index (Phi) is 13.7. The Morgan fingerprint density at radius 2 is 1.30 bits per heavy atom. The summed E-state index contributed by atoms with van der Waals surface area (Å²) in [6, 6.07) is 0. The molecule has 0 fully saturated rings. The van der Waals surface area contributed by atoms with E-state index >= 15 is 0 Å². The van der Waals surface area contributed by atoms with E-state index < -0.39 is 7.94 Å². The SMILES string of the molecule is CCCCCCCCCCC#C[PH](O)(OCC)OCC. The van der Waals surface area contributed by atoms with Gasteiger partial charge >= 0.3 is 125 Å². The molecule has 20 heavy (non-hydrogen) atoms. The van der Waals surface area contributed by atoms with Crippen molar-refractivity contribution in [2.24, 2.45) is 0 Å². The number of rotatable bonds is 12. The Morgan fingerprint density at radius 3 is 1.80 bits per heavy atom. The summed E-state index contributed by atoms with van der Waals surface area (Å²) in [5, 5.41) is 0. The zero-order valence-corrected chi connectivity index (χ0v) is 14.5. The Labute approximate surface area is 126 Å². The van der Waals surface area contributed by atoms with Crippen molar-refractivity contribution >= 4 is 7.94 Å². The van der Waals surface area contributed by atoms with Crippen molar-refractivity contribution in [3.63, 3.8) is 0 Å². The molecule has 0 bridgehead atoms. The van der Waals surface area contributed by atoms with Gasteiger partial charge < -0.3 is 0 Å². The summed E-state index contributed by atoms with van der Waals surface area (Å²) in [5.41, 5.74) is 2.82. The van der Waals surface area contributed by atoms with Crippen molar-refractivity contribution < 1.29 is 13.9 Å². The molecular weight excluding hydrogens is 271 g/mol. The van der Waals surface area contributed by atoms with Gasteiger partial charge in [-0.05, 0) is 0 Å². The summed E-state index contributed by atoms with van der Waals surface area (Å²) in [7, 11) is -3.20. The van der Waals surface area contributed by atoms with E-state index in [0.717, 1.165) is 12.8 Å². The molecule has 1 N–H and O–H groups in total. The summed E-state index contributed by atoms with van der Waals surface area (Å²) in [5.74, 6) is 3.02. The number of hydrogen-bond donors (Lipinski definition) is 1. The summed E-state index contributed by atoms with van der Waals surface area (Å²) < 4.78 is 10.5. The topological polar surface area (TPSA) is 38.7 Å². The molecule has 0 spiro atoms. The molecule has 0 aromatic rings. The van der Waals surface area contributed by atoms with Crippen LogP contribution in [0.2, 0.25) is 0 Å². The molecule has 0 aromatic heterocycles. The van der Waals surface area contributed by atoms with E-state index in [2.05, 4.69) is 18.5 Å². The minimum absolute atomic E-state index is 0.440. The summed E-state index contributed by atoms with van der Waals surface area (Å²) in [4.78, 5) is 10.1. The summed E-state index contributed by atoms with van der Waals surface area (Å²) in [6.45, 7) is 6.81. The third kappa shape index (κ3) is 11.7. The van der Waals surface area contributed by atoms with Gasteiger partial charge in [-0.25, -0.2) is 0 Å². The van der Waals surface area contributed by atoms with Crippen LogP contribution in [0.5, 0.6) is 0 Å². The summed E-state index contributed by atoms with van der Waals surface area (Å²) in [6.07, 6.45) is 11.2. The fourth-order valence-electron chi connectivity index (χ4n) is 2.03. The maximum atomic E-state index is 10.1. The van der Waals surface area contributed by atoms with Crippen LogP contribution in [0.4, 0.5) is 0 Å². The molecule has 0 aromatic carbocycles. The van der Waals surface area contributed by atoms with E-state index in [1.165, 1.54) is 44.9 Å². The predicted octanol–water partition coefficient (Wildman–Crippen LogP) is 5.04. The Bertz CT molecular complexity index is 265. The molecule has 0 heterocycles. The van der Waals surface area contributed by atoms with Gasteiger partial charge in [0.05, 0.1) is 0 Å². The molecule has 0 atom stereocenters. The van der Waals surface area contributed by atoms with Crippen molar-refractivity contribution in [1.29, 1.82) is 0 Å². The van der Waals surface area contributed by atoms with Gasteiger partial charge in [0.15, 0.2) is 0 Å². The van der Waals surface area contributed by atoms with Gasteiger partial charge in [0.2, 0.25) is 0 Å². The van der Waals surface area contributed by atoms with Crippen molar-refractivity contribution in [3.05, 3.63) is 0 Å². The molecule has 0 aliphatic rings. The predicted molar refractivity (Wildman–Crippen MR) is 88.8 cm³/mol. The third-order valence-electron chi connectivity index (χ3n) is 3.08. The van der Waals surface area contributed by atoms with Gasteiger partial charge in [-0.2, -0.15) is 0 Å². The van der Waals surface area contributed by atoms with Crippen LogP contribution in [0.3, 0.4) is 0 Å². The van der Waals surface area contributed by atoms with E-state index in [1.807, 2.05) is 13.8 Å². The Balaban J connectivity index is 3.64. The molecule has 0 saturated carbocycles. The molecule has 0 amide bonds. The second kappa shape index (κ2) is 13.8. The first-order valence-corrected chi connectivity index (χ1v) is 9.95. The zero-order valence-electron chi connectivity index (χ0n) is 13.5. The third-order valence-corrected chi connectivity index (χ3v) is 4.93. The first-order chi connectivity index (χ1) is 9.68. The second-order valence-electron chi connectivity index (χ2n) is 4.97. The average Bonchev–Trinajstić information content (AvgIpc) is 2.41. The van der Waals surface area contributed by atoms with E-state index in [9.17, 15) is 4.89 Å². The molecule has 0 unspecified atom stereocenters. The first kappa shape index (κ1) is 19.9. The van der Waals surface area contributed by atoms with E-state index in [4.69, 9.17) is 9.05 Å². The van der Waals surface area contributed by atoms with E-state index in [0.29, 0.717) is 13.2 Å². The van der Waals surface area contributed by atoms with Gasteiger partial charge in [0.25, 0.3) is 0 Å². The molecule has 0 aliphatic heterocycles. The maximum absolute atomic E-state index is 10.1. The molecule has 4 heteroatoms. The van der Waals surface area contributed by atoms with Crippen LogP contribution in [-0.4, -0.2) is 18.1 Å². The monoisotopic (exact) mass is 304 g/mol. The quantitative estimate of drug-likeness (QED) is 0.312. The van der Waals surface area contributed by atoms with Gasteiger partial charge in [-0.15, -0.1) is 0 Å². The van der Waals surface area contributed by atoms with Crippen LogP contribution in [0.25, 0.3) is 0 Å².